The number of methoxy groups -OCH3 is 3. The maximum absolute atomic E-state index is 13.4. The van der Waals surface area contributed by atoms with Crippen LogP contribution >= 0.6 is 0 Å². The second kappa shape index (κ2) is 11.0. The van der Waals surface area contributed by atoms with Crippen molar-refractivity contribution in [1.29, 1.82) is 0 Å². The SMILES string of the molecule is COc1ccc(C(O)=C2C(=O)C(=O)N(CCN3CCOCC3)[C@@H]2c2ccc(OC)c(OC)c2)c(C)c1. The number of likely N-dealkylation sites (tertiary alicyclic amines) is 1. The van der Waals surface area contributed by atoms with Gasteiger partial charge in [0.2, 0.25) is 0 Å². The molecular formula is C27H32N2O7. The summed E-state index contributed by atoms with van der Waals surface area (Å²) in [5, 5.41) is 11.4. The third-order valence-corrected chi connectivity index (χ3v) is 6.71. The number of rotatable bonds is 8. The largest absolute Gasteiger partial charge is 0.507 e. The van der Waals surface area contributed by atoms with Crippen LogP contribution in [-0.2, 0) is 14.3 Å². The number of amides is 1. The Morgan fingerprint density at radius 2 is 1.69 bits per heavy atom. The lowest BCUT2D eigenvalue weighted by molar-refractivity contribution is -0.140. The Hall–Kier alpha value is -3.56. The minimum atomic E-state index is -0.785. The number of hydrogen-bond donors (Lipinski definition) is 1. The molecule has 9 nitrogen and oxygen atoms in total. The zero-order chi connectivity index (χ0) is 25.8. The van der Waals surface area contributed by atoms with E-state index in [0.29, 0.717) is 54.7 Å². The summed E-state index contributed by atoms with van der Waals surface area (Å²) in [6, 6.07) is 9.65. The van der Waals surface area contributed by atoms with Gasteiger partial charge in [-0.1, -0.05) is 6.07 Å². The molecule has 2 aliphatic rings. The Labute approximate surface area is 210 Å². The van der Waals surface area contributed by atoms with Crippen molar-refractivity contribution in [3.8, 4) is 17.2 Å². The minimum absolute atomic E-state index is 0.0439. The Bertz CT molecular complexity index is 1170. The fraction of sp³-hybridized carbons (Fsp3) is 0.407. The quantitative estimate of drug-likeness (QED) is 0.339. The average molecular weight is 497 g/mol. The Morgan fingerprint density at radius 1 is 0.972 bits per heavy atom. The highest BCUT2D eigenvalue weighted by atomic mass is 16.5. The number of aryl methyl sites for hydroxylation is 1. The van der Waals surface area contributed by atoms with Crippen LogP contribution in [0.1, 0.15) is 22.7 Å². The molecule has 0 spiro atoms. The standard InChI is InChI=1S/C27H32N2O7/c1-17-15-19(33-2)6-7-20(17)25(30)23-24(18-5-8-21(34-3)22(16-18)35-4)29(27(32)26(23)31)10-9-28-11-13-36-14-12-28/h5-8,15-16,24,30H,9-14H2,1-4H3/t24-/m1/s1. The highest BCUT2D eigenvalue weighted by molar-refractivity contribution is 6.46. The van der Waals surface area contributed by atoms with Gasteiger partial charge in [0, 0.05) is 31.7 Å². The van der Waals surface area contributed by atoms with Crippen molar-refractivity contribution in [3.63, 3.8) is 0 Å². The van der Waals surface area contributed by atoms with Crippen LogP contribution in [0.2, 0.25) is 0 Å². The predicted molar refractivity (Wildman–Crippen MR) is 134 cm³/mol. The molecule has 2 aliphatic heterocycles. The van der Waals surface area contributed by atoms with Gasteiger partial charge in [-0.2, -0.15) is 0 Å². The Morgan fingerprint density at radius 3 is 2.33 bits per heavy atom. The lowest BCUT2D eigenvalue weighted by atomic mass is 9.93. The molecule has 2 saturated heterocycles. The first-order valence-electron chi connectivity index (χ1n) is 11.8. The van der Waals surface area contributed by atoms with Gasteiger partial charge >= 0.3 is 0 Å². The molecule has 0 bridgehead atoms. The second-order valence-electron chi connectivity index (χ2n) is 8.74. The number of carbonyl (C=O) groups is 2. The van der Waals surface area contributed by atoms with Gasteiger partial charge in [0.1, 0.15) is 11.5 Å². The maximum Gasteiger partial charge on any atom is 0.295 e. The molecule has 2 heterocycles. The summed E-state index contributed by atoms with van der Waals surface area (Å²) in [5.74, 6) is 0.0424. The van der Waals surface area contributed by atoms with Gasteiger partial charge in [-0.15, -0.1) is 0 Å². The van der Waals surface area contributed by atoms with E-state index in [1.54, 1.807) is 50.6 Å². The highest BCUT2D eigenvalue weighted by Gasteiger charge is 2.46. The van der Waals surface area contributed by atoms with Gasteiger partial charge in [0.15, 0.2) is 11.5 Å². The predicted octanol–water partition coefficient (Wildman–Crippen LogP) is 2.77. The van der Waals surface area contributed by atoms with Crippen molar-refractivity contribution in [2.24, 2.45) is 0 Å². The monoisotopic (exact) mass is 496 g/mol. The van der Waals surface area contributed by atoms with Crippen LogP contribution in [0.3, 0.4) is 0 Å². The van der Waals surface area contributed by atoms with Gasteiger partial charge in [-0.3, -0.25) is 14.5 Å². The molecule has 2 aromatic rings. The van der Waals surface area contributed by atoms with E-state index in [-0.39, 0.29) is 11.3 Å². The van der Waals surface area contributed by atoms with Crippen LogP contribution in [-0.4, -0.2) is 87.3 Å². The third-order valence-electron chi connectivity index (χ3n) is 6.71. The number of ketones is 1. The lowest BCUT2D eigenvalue weighted by Crippen LogP contribution is -2.42. The van der Waals surface area contributed by atoms with E-state index in [9.17, 15) is 14.7 Å². The topological polar surface area (TPSA) is 97.8 Å². The summed E-state index contributed by atoms with van der Waals surface area (Å²) in [7, 11) is 4.63. The van der Waals surface area contributed by atoms with Crippen molar-refractivity contribution < 1.29 is 33.6 Å². The summed E-state index contributed by atoms with van der Waals surface area (Å²) in [6.45, 7) is 5.51. The number of nitrogens with zero attached hydrogens (tertiary/aromatic N) is 2. The van der Waals surface area contributed by atoms with E-state index >= 15 is 0 Å². The van der Waals surface area contributed by atoms with E-state index in [0.717, 1.165) is 18.7 Å². The zero-order valence-corrected chi connectivity index (χ0v) is 21.1. The van der Waals surface area contributed by atoms with Gasteiger partial charge in [0.05, 0.1) is 46.2 Å². The first kappa shape index (κ1) is 25.5. The fourth-order valence-electron chi connectivity index (χ4n) is 4.73. The third kappa shape index (κ3) is 4.89. The lowest BCUT2D eigenvalue weighted by Gasteiger charge is -2.31. The number of ether oxygens (including phenoxy) is 4. The van der Waals surface area contributed by atoms with E-state index in [1.165, 1.54) is 12.0 Å². The van der Waals surface area contributed by atoms with Crippen LogP contribution in [0, 0.1) is 6.92 Å². The number of Topliss-reactive ketones (excluding diaryl/α,β-unsaturated/α-hetero) is 1. The summed E-state index contributed by atoms with van der Waals surface area (Å²) in [5.41, 5.74) is 1.87. The zero-order valence-electron chi connectivity index (χ0n) is 21.1. The normalized spacial score (nSPS) is 20.0. The number of carbonyl (C=O) groups excluding carboxylic acids is 2. The molecular weight excluding hydrogens is 464 g/mol. The number of hydrogen-bond acceptors (Lipinski definition) is 8. The molecule has 1 amide bonds. The average Bonchev–Trinajstić information content (AvgIpc) is 3.16. The number of aliphatic hydroxyl groups excluding tert-OH is 1. The van der Waals surface area contributed by atoms with E-state index < -0.39 is 17.7 Å². The molecule has 1 N–H and O–H groups in total. The molecule has 0 aliphatic carbocycles. The molecule has 0 unspecified atom stereocenters. The summed E-state index contributed by atoms with van der Waals surface area (Å²) in [4.78, 5) is 30.4. The van der Waals surface area contributed by atoms with Crippen molar-refractivity contribution in [3.05, 3.63) is 58.7 Å². The highest BCUT2D eigenvalue weighted by Crippen LogP contribution is 2.42. The molecule has 0 aromatic heterocycles. The van der Waals surface area contributed by atoms with Gasteiger partial charge in [-0.25, -0.2) is 0 Å². The molecule has 2 fully saturated rings. The van der Waals surface area contributed by atoms with Crippen LogP contribution in [0.5, 0.6) is 17.2 Å². The van der Waals surface area contributed by atoms with E-state index in [2.05, 4.69) is 4.90 Å². The minimum Gasteiger partial charge on any atom is -0.507 e. The van der Waals surface area contributed by atoms with Crippen molar-refractivity contribution >= 4 is 17.4 Å². The van der Waals surface area contributed by atoms with Gasteiger partial charge < -0.3 is 29.0 Å². The van der Waals surface area contributed by atoms with E-state index in [4.69, 9.17) is 18.9 Å². The van der Waals surface area contributed by atoms with Crippen LogP contribution in [0.25, 0.3) is 5.76 Å². The smallest absolute Gasteiger partial charge is 0.295 e. The summed E-state index contributed by atoms with van der Waals surface area (Å²) in [6.07, 6.45) is 0. The van der Waals surface area contributed by atoms with Crippen molar-refractivity contribution in [1.82, 2.24) is 9.80 Å². The van der Waals surface area contributed by atoms with E-state index in [1.807, 2.05) is 6.92 Å². The number of aliphatic hydroxyl groups is 1. The molecule has 36 heavy (non-hydrogen) atoms. The van der Waals surface area contributed by atoms with Crippen LogP contribution in [0.4, 0.5) is 0 Å². The first-order valence-corrected chi connectivity index (χ1v) is 11.8. The molecule has 2 aromatic carbocycles. The van der Waals surface area contributed by atoms with Gasteiger partial charge in [-0.05, 0) is 48.4 Å². The van der Waals surface area contributed by atoms with Crippen LogP contribution < -0.4 is 14.2 Å². The number of benzene rings is 2. The number of morpholine rings is 1. The molecule has 4 rings (SSSR count). The van der Waals surface area contributed by atoms with Crippen molar-refractivity contribution in [2.45, 2.75) is 13.0 Å². The maximum atomic E-state index is 13.4. The molecule has 1 atom stereocenters. The van der Waals surface area contributed by atoms with Gasteiger partial charge in [0.25, 0.3) is 11.7 Å². The molecule has 9 heteroatoms. The van der Waals surface area contributed by atoms with Crippen LogP contribution in [0.15, 0.2) is 42.0 Å². The first-order chi connectivity index (χ1) is 17.4. The summed E-state index contributed by atoms with van der Waals surface area (Å²) >= 11 is 0. The molecule has 0 radical (unpaired) electrons. The molecule has 0 saturated carbocycles. The summed E-state index contributed by atoms with van der Waals surface area (Å²) < 4.78 is 21.5. The van der Waals surface area contributed by atoms with Crippen molar-refractivity contribution in [2.75, 3.05) is 60.7 Å². The Kier molecular flexibility index (Phi) is 7.81. The molecule has 192 valence electrons. The fourth-order valence-corrected chi connectivity index (χ4v) is 4.73. The Balaban J connectivity index is 1.80. The second-order valence-corrected chi connectivity index (χ2v) is 8.74.